The Kier molecular flexibility index (Phi) is 8.20. The summed E-state index contributed by atoms with van der Waals surface area (Å²) in [5.41, 5.74) is 1.23. The molecule has 0 unspecified atom stereocenters. The van der Waals surface area contributed by atoms with E-state index in [1.165, 1.54) is 16.6 Å². The molecule has 4 aromatic rings. The maximum absolute atomic E-state index is 13.6. The maximum Gasteiger partial charge on any atom is 0.277 e. The number of aromatic nitrogens is 4. The average Bonchev–Trinajstić information content (AvgIpc) is 3.57. The van der Waals surface area contributed by atoms with Gasteiger partial charge in [-0.2, -0.15) is 0 Å². The number of nitrogens with zero attached hydrogens (tertiary/aromatic N) is 3. The maximum atomic E-state index is 13.6. The smallest absolute Gasteiger partial charge is 0.277 e. The molecule has 2 N–H and O–H groups in total. The van der Waals surface area contributed by atoms with Crippen LogP contribution in [0.4, 0.5) is 5.69 Å². The molecule has 2 aromatic carbocycles. The zero-order valence-electron chi connectivity index (χ0n) is 23.7. The molecule has 5 rings (SSSR count). The molecule has 1 saturated carbocycles. The van der Waals surface area contributed by atoms with Crippen LogP contribution >= 0.6 is 0 Å². The number of sulfonamides is 1. The van der Waals surface area contributed by atoms with Gasteiger partial charge in [-0.25, -0.2) is 17.9 Å². The molecule has 0 radical (unpaired) electrons. The van der Waals surface area contributed by atoms with Crippen LogP contribution < -0.4 is 24.5 Å². The summed E-state index contributed by atoms with van der Waals surface area (Å²) < 4.78 is 48.6. The number of rotatable bonds is 11. The van der Waals surface area contributed by atoms with Gasteiger partial charge in [0.05, 0.1) is 41.7 Å². The van der Waals surface area contributed by atoms with Gasteiger partial charge in [-0.3, -0.25) is 9.52 Å². The molecular formula is C29H35N5O6S. The molecule has 0 aliphatic heterocycles. The van der Waals surface area contributed by atoms with E-state index in [4.69, 9.17) is 14.2 Å². The second kappa shape index (κ2) is 11.8. The van der Waals surface area contributed by atoms with Crippen molar-refractivity contribution >= 4 is 21.2 Å². The Morgan fingerprint density at radius 2 is 1.83 bits per heavy atom. The van der Waals surface area contributed by atoms with E-state index < -0.39 is 10.0 Å². The lowest BCUT2D eigenvalue weighted by atomic mass is 10.2. The Labute approximate surface area is 238 Å². The first-order chi connectivity index (χ1) is 19.7. The molecule has 0 amide bonds. The largest absolute Gasteiger partial charge is 0.493 e. The van der Waals surface area contributed by atoms with E-state index in [-0.39, 0.29) is 22.4 Å². The molecule has 0 atom stereocenters. The van der Waals surface area contributed by atoms with E-state index >= 15 is 0 Å². The van der Waals surface area contributed by atoms with Gasteiger partial charge in [-0.15, -0.1) is 5.10 Å². The molecule has 0 spiro atoms. The molecule has 0 bridgehead atoms. The van der Waals surface area contributed by atoms with Gasteiger partial charge in [0, 0.05) is 12.5 Å². The van der Waals surface area contributed by atoms with Gasteiger partial charge in [-0.05, 0) is 76.3 Å². The summed E-state index contributed by atoms with van der Waals surface area (Å²) in [7, 11) is -2.50. The van der Waals surface area contributed by atoms with Crippen LogP contribution in [-0.4, -0.2) is 47.8 Å². The molecule has 11 nitrogen and oxygen atoms in total. The average molecular weight is 582 g/mol. The van der Waals surface area contributed by atoms with Gasteiger partial charge >= 0.3 is 0 Å². The Morgan fingerprint density at radius 3 is 2.54 bits per heavy atom. The summed E-state index contributed by atoms with van der Waals surface area (Å²) in [5, 5.41) is 4.65. The monoisotopic (exact) mass is 581 g/mol. The standard InChI is InChI=1S/C29H35N5O6S/c1-5-9-26-30-18(3)27-29(35)31-28(32-34(26)27)22-17-21(13-15-23(22)39-6-2)41(36,37)33-19-12-14-24(38-4)25(16-19)40-20-10-7-8-11-20/h12-17,20,33H,5-11H2,1-4H3,(H,31,32,35). The predicted molar refractivity (Wildman–Crippen MR) is 156 cm³/mol. The van der Waals surface area contributed by atoms with Crippen LogP contribution in [0.1, 0.15) is 57.5 Å². The molecular weight excluding hydrogens is 546 g/mol. The SMILES string of the molecule is CCCc1nc(C)c2c(=O)[nH]c(-c3cc(S(=O)(=O)Nc4ccc(OC)c(OC5CCCC5)c4)ccc3OCC)nn12. The first-order valence-electron chi connectivity index (χ1n) is 13.9. The number of hydrogen-bond acceptors (Lipinski definition) is 8. The molecule has 2 aromatic heterocycles. The minimum Gasteiger partial charge on any atom is -0.493 e. The lowest BCUT2D eigenvalue weighted by molar-refractivity contribution is 0.201. The minimum absolute atomic E-state index is 0.0247. The fraction of sp³-hybridized carbons (Fsp3) is 0.414. The number of H-pyrrole nitrogens is 1. The van der Waals surface area contributed by atoms with Crippen LogP contribution in [-0.2, 0) is 16.4 Å². The predicted octanol–water partition coefficient (Wildman–Crippen LogP) is 4.88. The second-order valence-electron chi connectivity index (χ2n) is 10.0. The number of imidazole rings is 1. The topological polar surface area (TPSA) is 137 Å². The van der Waals surface area contributed by atoms with E-state index in [9.17, 15) is 13.2 Å². The number of benzene rings is 2. The van der Waals surface area contributed by atoms with Crippen molar-refractivity contribution < 1.29 is 22.6 Å². The van der Waals surface area contributed by atoms with Gasteiger partial charge < -0.3 is 19.2 Å². The van der Waals surface area contributed by atoms with Crippen molar-refractivity contribution in [1.29, 1.82) is 0 Å². The molecule has 1 aliphatic rings. The van der Waals surface area contributed by atoms with Gasteiger partial charge in [0.25, 0.3) is 15.6 Å². The number of aromatic amines is 1. The quantitative estimate of drug-likeness (QED) is 0.256. The normalized spacial score (nSPS) is 14.0. The summed E-state index contributed by atoms with van der Waals surface area (Å²) in [4.78, 5) is 20.3. The Balaban J connectivity index is 1.53. The van der Waals surface area contributed by atoms with E-state index in [1.54, 1.807) is 38.3 Å². The van der Waals surface area contributed by atoms with Crippen LogP contribution in [0.2, 0.25) is 0 Å². The highest BCUT2D eigenvalue weighted by Crippen LogP contribution is 2.35. The van der Waals surface area contributed by atoms with E-state index in [1.807, 2.05) is 13.8 Å². The van der Waals surface area contributed by atoms with E-state index in [0.717, 1.165) is 32.1 Å². The van der Waals surface area contributed by atoms with Crippen molar-refractivity contribution in [2.24, 2.45) is 0 Å². The number of anilines is 1. The molecule has 0 saturated heterocycles. The lowest BCUT2D eigenvalue weighted by Gasteiger charge is -2.17. The lowest BCUT2D eigenvalue weighted by Crippen LogP contribution is -2.17. The van der Waals surface area contributed by atoms with Crippen molar-refractivity contribution in [3.8, 4) is 28.6 Å². The molecule has 12 heteroatoms. The summed E-state index contributed by atoms with van der Waals surface area (Å²) in [6.07, 6.45) is 5.65. The highest BCUT2D eigenvalue weighted by atomic mass is 32.2. The summed E-state index contributed by atoms with van der Waals surface area (Å²) in [6, 6.07) is 9.39. The van der Waals surface area contributed by atoms with Gasteiger partial charge in [0.1, 0.15) is 11.6 Å². The molecule has 1 fully saturated rings. The van der Waals surface area contributed by atoms with Gasteiger partial charge in [-0.1, -0.05) is 6.92 Å². The first kappa shape index (κ1) is 28.5. The Hall–Kier alpha value is -4.06. The zero-order chi connectivity index (χ0) is 29.1. The summed E-state index contributed by atoms with van der Waals surface area (Å²) in [5.74, 6) is 2.24. The summed E-state index contributed by atoms with van der Waals surface area (Å²) in [6.45, 7) is 5.94. The number of fused-ring (bicyclic) bond motifs is 1. The van der Waals surface area contributed by atoms with Crippen molar-refractivity contribution in [1.82, 2.24) is 19.6 Å². The number of hydrogen-bond donors (Lipinski definition) is 2. The highest BCUT2D eigenvalue weighted by Gasteiger charge is 2.23. The third kappa shape index (κ3) is 5.88. The van der Waals surface area contributed by atoms with Crippen LogP contribution in [0.25, 0.3) is 16.9 Å². The number of methoxy groups -OCH3 is 1. The fourth-order valence-corrected chi connectivity index (χ4v) is 6.19. The molecule has 41 heavy (non-hydrogen) atoms. The van der Waals surface area contributed by atoms with Crippen molar-refractivity contribution in [3.63, 3.8) is 0 Å². The summed E-state index contributed by atoms with van der Waals surface area (Å²) >= 11 is 0. The van der Waals surface area contributed by atoms with Crippen LogP contribution in [0.3, 0.4) is 0 Å². The van der Waals surface area contributed by atoms with Crippen molar-refractivity contribution in [2.75, 3.05) is 18.4 Å². The minimum atomic E-state index is -4.05. The highest BCUT2D eigenvalue weighted by molar-refractivity contribution is 7.92. The third-order valence-electron chi connectivity index (χ3n) is 7.04. The third-order valence-corrected chi connectivity index (χ3v) is 8.42. The molecule has 1 aliphatic carbocycles. The van der Waals surface area contributed by atoms with Crippen LogP contribution in [0.5, 0.6) is 17.2 Å². The molecule has 218 valence electrons. The van der Waals surface area contributed by atoms with Gasteiger partial charge in [0.15, 0.2) is 22.8 Å². The number of nitrogens with one attached hydrogen (secondary N) is 2. The fourth-order valence-electron chi connectivity index (χ4n) is 5.12. The van der Waals surface area contributed by atoms with E-state index in [2.05, 4.69) is 19.8 Å². The Morgan fingerprint density at radius 1 is 1.07 bits per heavy atom. The van der Waals surface area contributed by atoms with E-state index in [0.29, 0.717) is 58.6 Å². The zero-order valence-corrected chi connectivity index (χ0v) is 24.5. The van der Waals surface area contributed by atoms with Crippen molar-refractivity contribution in [2.45, 2.75) is 70.3 Å². The van der Waals surface area contributed by atoms with Crippen LogP contribution in [0, 0.1) is 6.92 Å². The van der Waals surface area contributed by atoms with Gasteiger partial charge in [0.2, 0.25) is 0 Å². The second-order valence-corrected chi connectivity index (χ2v) is 11.7. The molecule has 2 heterocycles. The number of ether oxygens (including phenoxy) is 3. The van der Waals surface area contributed by atoms with Crippen LogP contribution in [0.15, 0.2) is 46.1 Å². The Bertz CT molecular complexity index is 1720. The first-order valence-corrected chi connectivity index (χ1v) is 15.4. The van der Waals surface area contributed by atoms with Crippen molar-refractivity contribution in [3.05, 3.63) is 58.3 Å². The number of aryl methyl sites for hydroxylation is 2.